The Morgan fingerprint density at radius 2 is 2.05 bits per heavy atom. The number of thiophene rings is 1. The molecule has 90 valence electrons. The lowest BCUT2D eigenvalue weighted by atomic mass is 10.2. The molecule has 2 nitrogen and oxygen atoms in total. The molecule has 0 N–H and O–H groups in total. The Morgan fingerprint density at radius 3 is 3.05 bits per heavy atom. The lowest BCUT2D eigenvalue weighted by Crippen LogP contribution is -2.29. The van der Waals surface area contributed by atoms with Crippen LogP contribution in [0.1, 0.15) is 5.56 Å². The van der Waals surface area contributed by atoms with E-state index in [4.69, 9.17) is 0 Å². The molecule has 0 saturated carbocycles. The van der Waals surface area contributed by atoms with Gasteiger partial charge in [-0.2, -0.15) is 4.57 Å². The Labute approximate surface area is 117 Å². The number of nitrogens with zero attached hydrogens (tertiary/aromatic N) is 2. The molecule has 0 atom stereocenters. The van der Waals surface area contributed by atoms with Crippen molar-refractivity contribution in [1.82, 2.24) is 4.98 Å². The van der Waals surface area contributed by atoms with E-state index in [1.165, 1.54) is 35.8 Å². The fourth-order valence-electron chi connectivity index (χ4n) is 2.81. The van der Waals surface area contributed by atoms with Crippen LogP contribution in [0.2, 0.25) is 0 Å². The molecule has 0 unspecified atom stereocenters. The van der Waals surface area contributed by atoms with Crippen molar-refractivity contribution in [3.63, 3.8) is 0 Å². The molecular weight excluding hydrogens is 272 g/mol. The number of rotatable bonds is 0. The zero-order valence-electron chi connectivity index (χ0n) is 9.96. The topological polar surface area (TPSA) is 16.8 Å². The van der Waals surface area contributed by atoms with Crippen molar-refractivity contribution in [3.05, 3.63) is 48.3 Å². The van der Waals surface area contributed by atoms with E-state index < -0.39 is 0 Å². The van der Waals surface area contributed by atoms with Crippen molar-refractivity contribution >= 4 is 42.3 Å². The highest BCUT2D eigenvalue weighted by Crippen LogP contribution is 2.41. The van der Waals surface area contributed by atoms with Gasteiger partial charge in [0.2, 0.25) is 0 Å². The van der Waals surface area contributed by atoms with Crippen molar-refractivity contribution in [2.45, 2.75) is 6.54 Å². The molecule has 4 heterocycles. The Hall–Kier alpha value is -1.78. The first-order chi connectivity index (χ1) is 9.42. The highest BCUT2D eigenvalue weighted by Gasteiger charge is 2.33. The zero-order valence-corrected chi connectivity index (χ0v) is 11.6. The molecule has 0 saturated heterocycles. The van der Waals surface area contributed by atoms with Crippen LogP contribution in [0.25, 0.3) is 30.2 Å². The summed E-state index contributed by atoms with van der Waals surface area (Å²) in [7, 11) is 0. The summed E-state index contributed by atoms with van der Waals surface area (Å²) in [4.78, 5) is 5.64. The Morgan fingerprint density at radius 1 is 1.11 bits per heavy atom. The van der Waals surface area contributed by atoms with E-state index in [1.807, 2.05) is 35.1 Å². The summed E-state index contributed by atoms with van der Waals surface area (Å²) in [6.07, 6.45) is 3.88. The van der Waals surface area contributed by atoms with Crippen molar-refractivity contribution in [1.29, 1.82) is 0 Å². The molecule has 0 aliphatic carbocycles. The Bertz CT molecular complexity index is 949. The molecule has 0 bridgehead atoms. The Kier molecular flexibility index (Phi) is 1.80. The number of thiazole rings is 1. The van der Waals surface area contributed by atoms with Gasteiger partial charge < -0.3 is 0 Å². The molecule has 3 aromatic heterocycles. The summed E-state index contributed by atoms with van der Waals surface area (Å²) >= 11 is 3.81. The molecule has 19 heavy (non-hydrogen) atoms. The van der Waals surface area contributed by atoms with Crippen LogP contribution in [0.5, 0.6) is 0 Å². The quantitative estimate of drug-likeness (QED) is 0.394. The minimum absolute atomic E-state index is 0.964. The monoisotopic (exact) mass is 281 g/mol. The Balaban J connectivity index is 1.93. The van der Waals surface area contributed by atoms with Gasteiger partial charge in [0.1, 0.15) is 4.70 Å². The lowest BCUT2D eigenvalue weighted by molar-refractivity contribution is -0.639. The van der Waals surface area contributed by atoms with Gasteiger partial charge in [-0.15, -0.1) is 0 Å². The second-order valence-corrected chi connectivity index (χ2v) is 6.79. The van der Waals surface area contributed by atoms with Crippen molar-refractivity contribution in [2.75, 3.05) is 0 Å². The van der Waals surface area contributed by atoms with E-state index in [0.717, 1.165) is 6.54 Å². The molecule has 4 aromatic rings. The van der Waals surface area contributed by atoms with Gasteiger partial charge in [0, 0.05) is 28.0 Å². The largest absolute Gasteiger partial charge is 0.281 e. The lowest BCUT2D eigenvalue weighted by Gasteiger charge is -1.89. The van der Waals surface area contributed by atoms with Gasteiger partial charge in [-0.1, -0.05) is 40.9 Å². The van der Waals surface area contributed by atoms with Crippen molar-refractivity contribution in [3.8, 4) is 10.6 Å². The normalized spacial score (nSPS) is 13.1. The van der Waals surface area contributed by atoms with Crippen LogP contribution < -0.4 is 4.57 Å². The maximum atomic E-state index is 4.24. The van der Waals surface area contributed by atoms with Crippen LogP contribution in [-0.4, -0.2) is 4.98 Å². The number of benzene rings is 1. The average molecular weight is 281 g/mol. The number of fused-ring (bicyclic) bond motifs is 7. The third-order valence-corrected chi connectivity index (χ3v) is 6.26. The van der Waals surface area contributed by atoms with E-state index in [9.17, 15) is 0 Å². The van der Waals surface area contributed by atoms with E-state index in [0.29, 0.717) is 0 Å². The molecule has 0 fully saturated rings. The van der Waals surface area contributed by atoms with Crippen molar-refractivity contribution in [2.24, 2.45) is 0 Å². The smallest absolute Gasteiger partial charge is 0.264 e. The van der Waals surface area contributed by atoms with E-state index >= 15 is 0 Å². The molecule has 1 aliphatic heterocycles. The highest BCUT2D eigenvalue weighted by atomic mass is 32.1. The van der Waals surface area contributed by atoms with Crippen LogP contribution in [0.4, 0.5) is 0 Å². The number of pyridine rings is 1. The maximum Gasteiger partial charge on any atom is 0.281 e. The van der Waals surface area contributed by atoms with E-state index in [1.54, 1.807) is 0 Å². The van der Waals surface area contributed by atoms with E-state index in [-0.39, 0.29) is 0 Å². The molecule has 1 aromatic carbocycles. The fourth-order valence-corrected chi connectivity index (χ4v) is 5.54. The van der Waals surface area contributed by atoms with Gasteiger partial charge in [0.05, 0.1) is 5.56 Å². The standard InChI is InChI=1S/C15H9N2S2/c1-2-4-12-11(3-1)13-15(18-12)17-8-9-7-16-6-5-10(9)14(17)19-13/h1-7H,8H2/q+1. The molecule has 0 radical (unpaired) electrons. The second kappa shape index (κ2) is 3.40. The second-order valence-electron chi connectivity index (χ2n) is 4.76. The summed E-state index contributed by atoms with van der Waals surface area (Å²) in [5.41, 5.74) is 2.69. The average Bonchev–Trinajstić information content (AvgIpc) is 3.07. The molecular formula is C15H9N2S2+. The first-order valence-corrected chi connectivity index (χ1v) is 7.82. The van der Waals surface area contributed by atoms with Crippen LogP contribution in [0.3, 0.4) is 0 Å². The maximum absolute atomic E-state index is 4.24. The summed E-state index contributed by atoms with van der Waals surface area (Å²) in [5.74, 6) is 0. The van der Waals surface area contributed by atoms with Gasteiger partial charge in [-0.3, -0.25) is 4.98 Å². The van der Waals surface area contributed by atoms with Crippen LogP contribution in [-0.2, 0) is 6.54 Å². The van der Waals surface area contributed by atoms with Gasteiger partial charge in [0.25, 0.3) is 9.84 Å². The van der Waals surface area contributed by atoms with Crippen LogP contribution in [0, 0.1) is 0 Å². The van der Waals surface area contributed by atoms with Gasteiger partial charge in [0.15, 0.2) is 6.54 Å². The molecule has 4 heteroatoms. The summed E-state index contributed by atoms with van der Waals surface area (Å²) in [6, 6.07) is 10.8. The minimum Gasteiger partial charge on any atom is -0.264 e. The fraction of sp³-hybridized carbons (Fsp3) is 0.0667. The first-order valence-electron chi connectivity index (χ1n) is 6.19. The zero-order chi connectivity index (χ0) is 12.4. The summed E-state index contributed by atoms with van der Waals surface area (Å²) < 4.78 is 5.25. The van der Waals surface area contributed by atoms with Crippen LogP contribution >= 0.6 is 22.7 Å². The van der Waals surface area contributed by atoms with E-state index in [2.05, 4.69) is 39.9 Å². The predicted molar refractivity (Wildman–Crippen MR) is 79.7 cm³/mol. The van der Waals surface area contributed by atoms with Gasteiger partial charge in [-0.05, 0) is 12.1 Å². The first kappa shape index (κ1) is 10.1. The third kappa shape index (κ3) is 1.20. The number of aromatic nitrogens is 2. The SMILES string of the molecule is c1ccc2c(c1)sc1c2sc2[n+]1Cc1cnccc1-2. The van der Waals surface area contributed by atoms with Crippen LogP contribution in [0.15, 0.2) is 42.7 Å². The third-order valence-electron chi connectivity index (χ3n) is 3.68. The van der Waals surface area contributed by atoms with Crippen molar-refractivity contribution < 1.29 is 4.57 Å². The summed E-state index contributed by atoms with van der Waals surface area (Å²) in [5, 5.41) is 2.77. The van der Waals surface area contributed by atoms with Gasteiger partial charge in [-0.25, -0.2) is 0 Å². The number of hydrogen-bond donors (Lipinski definition) is 0. The molecule has 1 aliphatic rings. The number of hydrogen-bond acceptors (Lipinski definition) is 3. The molecule has 0 spiro atoms. The predicted octanol–water partition coefficient (Wildman–Crippen LogP) is 3.83. The summed E-state index contributed by atoms with van der Waals surface area (Å²) in [6.45, 7) is 0.964. The molecule has 0 amide bonds. The highest BCUT2D eigenvalue weighted by molar-refractivity contribution is 7.32. The molecule has 5 rings (SSSR count). The minimum atomic E-state index is 0.964. The van der Waals surface area contributed by atoms with Gasteiger partial charge >= 0.3 is 0 Å².